The normalized spacial score (nSPS) is 16.6. The van der Waals surface area contributed by atoms with Crippen molar-refractivity contribution in [3.8, 4) is 6.26 Å². The summed E-state index contributed by atoms with van der Waals surface area (Å²) in [6.45, 7) is 13.1. The molecule has 0 radical (unpaired) electrons. The lowest BCUT2D eigenvalue weighted by Crippen LogP contribution is -2.35. The predicted molar refractivity (Wildman–Crippen MR) is 116 cm³/mol. The highest BCUT2D eigenvalue weighted by molar-refractivity contribution is 5.32. The van der Waals surface area contributed by atoms with Gasteiger partial charge in [0, 0.05) is 7.05 Å². The van der Waals surface area contributed by atoms with Crippen molar-refractivity contribution in [3.05, 3.63) is 0 Å². The molecule has 0 aliphatic heterocycles. The molecule has 2 fully saturated rings. The van der Waals surface area contributed by atoms with Crippen LogP contribution in [0.3, 0.4) is 0 Å². The molecule has 160 valence electrons. The van der Waals surface area contributed by atoms with Crippen LogP contribution >= 0.6 is 0 Å². The largest absolute Gasteiger partial charge is 0.431 e. The SMILES string of the molecule is CC.CC.CC(C)(C1CCCCC1)C1CCCCC1.CN=C=O.COC#N. The Hall–Kier alpha value is -1.33. The van der Waals surface area contributed by atoms with Crippen LogP contribution in [0.1, 0.15) is 106 Å². The second kappa shape index (κ2) is 22.7. The van der Waals surface area contributed by atoms with E-state index in [0.717, 1.165) is 11.8 Å². The highest BCUT2D eigenvalue weighted by atomic mass is 16.5. The molecule has 2 rings (SSSR count). The third-order valence-electron chi connectivity index (χ3n) is 5.50. The summed E-state index contributed by atoms with van der Waals surface area (Å²) in [6, 6.07) is 0. The van der Waals surface area contributed by atoms with Crippen molar-refractivity contribution in [1.29, 1.82) is 5.26 Å². The van der Waals surface area contributed by atoms with Crippen LogP contribution in [0, 0.1) is 28.8 Å². The van der Waals surface area contributed by atoms with Gasteiger partial charge in [-0.1, -0.05) is 80.1 Å². The number of nitriles is 1. The number of isocyanates is 1. The number of nitrogens with zero attached hydrogens (tertiary/aromatic N) is 2. The first kappa shape index (κ1) is 30.4. The highest BCUT2D eigenvalue weighted by Gasteiger charge is 2.37. The van der Waals surface area contributed by atoms with Gasteiger partial charge in [0.1, 0.15) is 0 Å². The smallest absolute Gasteiger partial charge is 0.286 e. The molecule has 0 aromatic heterocycles. The van der Waals surface area contributed by atoms with Crippen LogP contribution in [-0.4, -0.2) is 20.2 Å². The number of aliphatic imine (C=N–C) groups is 1. The number of hydrogen-bond donors (Lipinski definition) is 0. The van der Waals surface area contributed by atoms with Crippen LogP contribution < -0.4 is 0 Å². The van der Waals surface area contributed by atoms with Crippen LogP contribution in [-0.2, 0) is 9.53 Å². The lowest BCUT2D eigenvalue weighted by Gasteiger charge is -2.44. The van der Waals surface area contributed by atoms with Gasteiger partial charge in [-0.05, 0) is 42.9 Å². The lowest BCUT2D eigenvalue weighted by molar-refractivity contribution is 0.0587. The Morgan fingerprint density at radius 1 is 0.852 bits per heavy atom. The zero-order valence-corrected chi connectivity index (χ0v) is 19.4. The van der Waals surface area contributed by atoms with E-state index in [1.807, 2.05) is 27.7 Å². The van der Waals surface area contributed by atoms with Crippen LogP contribution in [0.15, 0.2) is 4.99 Å². The van der Waals surface area contributed by atoms with E-state index in [2.05, 4.69) is 23.6 Å². The van der Waals surface area contributed by atoms with Gasteiger partial charge in [0.05, 0.1) is 7.11 Å². The maximum Gasteiger partial charge on any atom is 0.286 e. The third kappa shape index (κ3) is 15.4. The molecular formula is C23H46N2O2. The van der Waals surface area contributed by atoms with Gasteiger partial charge in [-0.15, -0.1) is 0 Å². The van der Waals surface area contributed by atoms with E-state index in [4.69, 9.17) is 10.1 Å². The van der Waals surface area contributed by atoms with Gasteiger partial charge >= 0.3 is 0 Å². The van der Waals surface area contributed by atoms with E-state index in [1.54, 1.807) is 0 Å². The van der Waals surface area contributed by atoms with E-state index in [0.29, 0.717) is 5.41 Å². The molecule has 0 saturated heterocycles. The summed E-state index contributed by atoms with van der Waals surface area (Å²) >= 11 is 0. The third-order valence-corrected chi connectivity index (χ3v) is 5.50. The molecule has 2 aliphatic carbocycles. The van der Waals surface area contributed by atoms with Crippen molar-refractivity contribution in [2.75, 3.05) is 14.2 Å². The molecule has 0 bridgehead atoms. The summed E-state index contributed by atoms with van der Waals surface area (Å²) in [4.78, 5) is 11.8. The molecule has 2 saturated carbocycles. The number of ether oxygens (including phenoxy) is 1. The first-order valence-corrected chi connectivity index (χ1v) is 10.9. The van der Waals surface area contributed by atoms with Gasteiger partial charge < -0.3 is 4.74 Å². The van der Waals surface area contributed by atoms with Crippen molar-refractivity contribution in [2.45, 2.75) is 106 Å². The Balaban J connectivity index is -0.000000402. The van der Waals surface area contributed by atoms with Crippen molar-refractivity contribution < 1.29 is 9.53 Å². The summed E-state index contributed by atoms with van der Waals surface area (Å²) < 4.78 is 3.85. The molecule has 0 N–H and O–H groups in total. The molecule has 4 nitrogen and oxygen atoms in total. The van der Waals surface area contributed by atoms with Gasteiger partial charge in [0.2, 0.25) is 6.08 Å². The lowest BCUT2D eigenvalue weighted by atomic mass is 9.61. The van der Waals surface area contributed by atoms with Crippen LogP contribution in [0.5, 0.6) is 0 Å². The second-order valence-corrected chi connectivity index (χ2v) is 7.10. The summed E-state index contributed by atoms with van der Waals surface area (Å²) in [5.41, 5.74) is 0.640. The number of rotatable bonds is 2. The van der Waals surface area contributed by atoms with E-state index < -0.39 is 0 Å². The number of carbonyl (C=O) groups excluding carboxylic acids is 1. The minimum atomic E-state index is 0.640. The molecular weight excluding hydrogens is 336 g/mol. The summed E-state index contributed by atoms with van der Waals surface area (Å²) in [7, 11) is 2.70. The standard InChI is InChI=1S/C15H28.2C2H3NO.2C2H6/c1-15(2,13-9-5-3-6-10-13)14-11-7-4-8-12-14;1-4-2-3;1-3-2-4;2*1-2/h13-14H,3-12H2,1-2H3;2*1H3;2*1-2H3. The van der Waals surface area contributed by atoms with Gasteiger partial charge in [0.15, 0.2) is 0 Å². The fourth-order valence-corrected chi connectivity index (χ4v) is 4.03. The molecule has 0 heterocycles. The quantitative estimate of drug-likeness (QED) is 0.286. The molecule has 0 unspecified atom stereocenters. The van der Waals surface area contributed by atoms with Crippen LogP contribution in [0.25, 0.3) is 0 Å². The van der Waals surface area contributed by atoms with Crippen molar-refractivity contribution in [3.63, 3.8) is 0 Å². The topological polar surface area (TPSA) is 62.4 Å². The fourth-order valence-electron chi connectivity index (χ4n) is 4.03. The first-order chi connectivity index (χ1) is 13.0. The van der Waals surface area contributed by atoms with Gasteiger partial charge in [-0.3, -0.25) is 0 Å². The molecule has 0 aromatic rings. The molecule has 0 amide bonds. The van der Waals surface area contributed by atoms with Gasteiger partial charge in [0.25, 0.3) is 6.26 Å². The van der Waals surface area contributed by atoms with Crippen molar-refractivity contribution >= 4 is 6.08 Å². The molecule has 27 heavy (non-hydrogen) atoms. The summed E-state index contributed by atoms with van der Waals surface area (Å²) in [5, 5.41) is 7.40. The Labute approximate surface area is 169 Å². The molecule has 0 atom stereocenters. The molecule has 2 aliphatic rings. The Morgan fingerprint density at radius 3 is 1.30 bits per heavy atom. The Kier molecular flexibility index (Phi) is 25.6. The van der Waals surface area contributed by atoms with E-state index in [-0.39, 0.29) is 0 Å². The molecule has 4 heteroatoms. The monoisotopic (exact) mass is 382 g/mol. The van der Waals surface area contributed by atoms with Crippen LogP contribution in [0.4, 0.5) is 0 Å². The van der Waals surface area contributed by atoms with Crippen LogP contribution in [0.2, 0.25) is 0 Å². The fraction of sp³-hybridized carbons (Fsp3) is 0.913. The molecule has 0 aromatic carbocycles. The maximum atomic E-state index is 8.88. The predicted octanol–water partition coefficient (Wildman–Crippen LogP) is 7.29. The average molecular weight is 383 g/mol. The Morgan fingerprint density at radius 2 is 1.11 bits per heavy atom. The van der Waals surface area contributed by atoms with Gasteiger partial charge in [-0.2, -0.15) is 5.26 Å². The van der Waals surface area contributed by atoms with Crippen molar-refractivity contribution in [1.82, 2.24) is 0 Å². The minimum Gasteiger partial charge on any atom is -0.431 e. The Bertz CT molecular complexity index is 350. The summed E-state index contributed by atoms with van der Waals surface area (Å²) in [5.74, 6) is 2.07. The van der Waals surface area contributed by atoms with Gasteiger partial charge in [-0.25, -0.2) is 9.79 Å². The van der Waals surface area contributed by atoms with Crippen molar-refractivity contribution in [2.24, 2.45) is 22.2 Å². The minimum absolute atomic E-state index is 0.640. The second-order valence-electron chi connectivity index (χ2n) is 7.10. The molecule has 0 spiro atoms. The number of methoxy groups -OCH3 is 1. The summed E-state index contributed by atoms with van der Waals surface area (Å²) in [6.07, 6.45) is 17.8. The average Bonchev–Trinajstić information content (AvgIpc) is 2.78. The highest BCUT2D eigenvalue weighted by Crippen LogP contribution is 2.48. The first-order valence-electron chi connectivity index (χ1n) is 10.9. The van der Waals surface area contributed by atoms with E-state index in [9.17, 15) is 0 Å². The van der Waals surface area contributed by atoms with E-state index >= 15 is 0 Å². The number of hydrogen-bond acceptors (Lipinski definition) is 4. The zero-order chi connectivity index (χ0) is 21.6. The zero-order valence-electron chi connectivity index (χ0n) is 19.4. The van der Waals surface area contributed by atoms with E-state index in [1.165, 1.54) is 90.7 Å². The maximum absolute atomic E-state index is 8.88.